The molecule has 0 radical (unpaired) electrons. The van der Waals surface area contributed by atoms with Crippen molar-refractivity contribution in [3.8, 4) is 0 Å². The highest BCUT2D eigenvalue weighted by Gasteiger charge is 2.15. The van der Waals surface area contributed by atoms with E-state index in [0.29, 0.717) is 5.56 Å². The molecule has 1 rings (SSSR count). The number of ether oxygens (including phenoxy) is 2. The van der Waals surface area contributed by atoms with Crippen LogP contribution in [0.25, 0.3) is 5.76 Å². The summed E-state index contributed by atoms with van der Waals surface area (Å²) < 4.78 is 9.66. The second-order valence-corrected chi connectivity index (χ2v) is 2.88. The standard InChI is InChI=1S/C12H12O4/c1-15-10(8-13)12(16-2)11(14)9-6-4-3-5-7-9/h3-7,14H,1-2H3/b12-11+. The Morgan fingerprint density at radius 1 is 1.19 bits per heavy atom. The zero-order valence-electron chi connectivity index (χ0n) is 9.06. The monoisotopic (exact) mass is 220 g/mol. The fourth-order valence-electron chi connectivity index (χ4n) is 1.20. The van der Waals surface area contributed by atoms with E-state index in [2.05, 4.69) is 0 Å². The maximum Gasteiger partial charge on any atom is 0.250 e. The molecule has 84 valence electrons. The Morgan fingerprint density at radius 3 is 2.25 bits per heavy atom. The Hall–Kier alpha value is -2.19. The van der Waals surface area contributed by atoms with Crippen molar-refractivity contribution in [1.29, 1.82) is 0 Å². The van der Waals surface area contributed by atoms with Crippen LogP contribution in [0.15, 0.2) is 41.9 Å². The van der Waals surface area contributed by atoms with E-state index in [9.17, 15) is 9.90 Å². The van der Waals surface area contributed by atoms with Crippen LogP contribution in [0.4, 0.5) is 0 Å². The van der Waals surface area contributed by atoms with Crippen LogP contribution < -0.4 is 0 Å². The first kappa shape index (κ1) is 11.9. The molecule has 0 aliphatic rings. The number of methoxy groups -OCH3 is 2. The smallest absolute Gasteiger partial charge is 0.250 e. The molecule has 1 aromatic rings. The number of carbonyl (C=O) groups excluding carboxylic acids is 1. The lowest BCUT2D eigenvalue weighted by Gasteiger charge is -2.09. The second-order valence-electron chi connectivity index (χ2n) is 2.88. The summed E-state index contributed by atoms with van der Waals surface area (Å²) in [4.78, 5) is 10.6. The van der Waals surface area contributed by atoms with Gasteiger partial charge in [-0.25, -0.2) is 4.79 Å². The van der Waals surface area contributed by atoms with Gasteiger partial charge in [0.2, 0.25) is 11.5 Å². The van der Waals surface area contributed by atoms with Crippen LogP contribution in [0.5, 0.6) is 0 Å². The number of aliphatic hydroxyl groups excluding tert-OH is 1. The van der Waals surface area contributed by atoms with Gasteiger partial charge in [-0.15, -0.1) is 0 Å². The molecule has 0 atom stereocenters. The Morgan fingerprint density at radius 2 is 1.81 bits per heavy atom. The third-order valence-electron chi connectivity index (χ3n) is 1.97. The van der Waals surface area contributed by atoms with Gasteiger partial charge in [-0.1, -0.05) is 30.3 Å². The van der Waals surface area contributed by atoms with E-state index in [-0.39, 0.29) is 17.3 Å². The molecule has 0 unspecified atom stereocenters. The Kier molecular flexibility index (Phi) is 4.18. The van der Waals surface area contributed by atoms with Crippen LogP contribution in [-0.2, 0) is 14.3 Å². The highest BCUT2D eigenvalue weighted by atomic mass is 16.5. The minimum atomic E-state index is -0.177. The number of rotatable bonds is 4. The molecule has 4 nitrogen and oxygen atoms in total. The van der Waals surface area contributed by atoms with Crippen molar-refractivity contribution in [3.05, 3.63) is 47.4 Å². The third-order valence-corrected chi connectivity index (χ3v) is 1.97. The zero-order valence-corrected chi connectivity index (χ0v) is 9.06. The largest absolute Gasteiger partial charge is 0.504 e. The van der Waals surface area contributed by atoms with Crippen molar-refractivity contribution < 1.29 is 19.4 Å². The summed E-state index contributed by atoms with van der Waals surface area (Å²) in [5.41, 5.74) is 0.532. The summed E-state index contributed by atoms with van der Waals surface area (Å²) in [6, 6.07) is 8.71. The van der Waals surface area contributed by atoms with Gasteiger partial charge < -0.3 is 14.6 Å². The van der Waals surface area contributed by atoms with Gasteiger partial charge in [0.25, 0.3) is 0 Å². The molecule has 0 aliphatic heterocycles. The number of benzene rings is 1. The molecule has 0 spiro atoms. The van der Waals surface area contributed by atoms with E-state index in [1.165, 1.54) is 14.2 Å². The van der Waals surface area contributed by atoms with Crippen LogP contribution in [0.1, 0.15) is 5.56 Å². The van der Waals surface area contributed by atoms with E-state index in [0.717, 1.165) is 0 Å². The van der Waals surface area contributed by atoms with Gasteiger partial charge in [-0.05, 0) is 0 Å². The minimum Gasteiger partial charge on any atom is -0.504 e. The first-order valence-electron chi connectivity index (χ1n) is 4.56. The summed E-state index contributed by atoms with van der Waals surface area (Å²) >= 11 is 0. The maximum absolute atomic E-state index is 10.6. The summed E-state index contributed by atoms with van der Waals surface area (Å²) in [7, 11) is 2.64. The van der Waals surface area contributed by atoms with E-state index in [4.69, 9.17) is 9.47 Å². The molecule has 0 amide bonds. The minimum absolute atomic E-state index is 0.0382. The predicted octanol–water partition coefficient (Wildman–Crippen LogP) is 1.92. The number of aliphatic hydroxyl groups is 1. The summed E-state index contributed by atoms with van der Waals surface area (Å²) in [6.45, 7) is 0. The first-order valence-corrected chi connectivity index (χ1v) is 4.56. The molecule has 16 heavy (non-hydrogen) atoms. The molecule has 0 aliphatic carbocycles. The summed E-state index contributed by atoms with van der Waals surface area (Å²) in [6.07, 6.45) is 0. The van der Waals surface area contributed by atoms with Gasteiger partial charge in [0, 0.05) is 5.56 Å². The summed E-state index contributed by atoms with van der Waals surface area (Å²) in [5, 5.41) is 9.89. The predicted molar refractivity (Wildman–Crippen MR) is 59.2 cm³/mol. The lowest BCUT2D eigenvalue weighted by Crippen LogP contribution is -2.00. The molecule has 0 saturated carbocycles. The molecule has 1 aromatic carbocycles. The van der Waals surface area contributed by atoms with Crippen molar-refractivity contribution in [2.24, 2.45) is 0 Å². The molecule has 0 aromatic heterocycles. The van der Waals surface area contributed by atoms with Gasteiger partial charge in [0.05, 0.1) is 14.2 Å². The van der Waals surface area contributed by atoms with Gasteiger partial charge in [-0.3, -0.25) is 0 Å². The average Bonchev–Trinajstić information content (AvgIpc) is 2.36. The van der Waals surface area contributed by atoms with Crippen LogP contribution in [-0.4, -0.2) is 25.3 Å². The van der Waals surface area contributed by atoms with Crippen LogP contribution >= 0.6 is 0 Å². The van der Waals surface area contributed by atoms with E-state index in [1.54, 1.807) is 30.2 Å². The van der Waals surface area contributed by atoms with Crippen molar-refractivity contribution in [2.75, 3.05) is 14.2 Å². The van der Waals surface area contributed by atoms with Crippen molar-refractivity contribution in [2.45, 2.75) is 0 Å². The van der Waals surface area contributed by atoms with Crippen molar-refractivity contribution in [1.82, 2.24) is 0 Å². The summed E-state index contributed by atoms with van der Waals surface area (Å²) in [5.74, 6) is 1.18. The highest BCUT2D eigenvalue weighted by molar-refractivity contribution is 5.69. The normalized spacial score (nSPS) is 11.1. The average molecular weight is 220 g/mol. The van der Waals surface area contributed by atoms with Gasteiger partial charge in [-0.2, -0.15) is 0 Å². The number of hydrogen-bond acceptors (Lipinski definition) is 4. The molecule has 4 heteroatoms. The van der Waals surface area contributed by atoms with Gasteiger partial charge >= 0.3 is 0 Å². The van der Waals surface area contributed by atoms with Crippen molar-refractivity contribution in [3.63, 3.8) is 0 Å². The molecule has 0 bridgehead atoms. The maximum atomic E-state index is 10.6. The van der Waals surface area contributed by atoms with Crippen LogP contribution in [0, 0.1) is 0 Å². The SMILES string of the molecule is COC(=C=O)/C(OC)=C(\O)c1ccccc1. The molecule has 0 fully saturated rings. The molecule has 0 heterocycles. The topological polar surface area (TPSA) is 55.8 Å². The van der Waals surface area contributed by atoms with Gasteiger partial charge in [0.1, 0.15) is 0 Å². The Balaban J connectivity index is 3.25. The zero-order chi connectivity index (χ0) is 12.0. The van der Waals surface area contributed by atoms with E-state index < -0.39 is 0 Å². The van der Waals surface area contributed by atoms with Crippen LogP contribution in [0.2, 0.25) is 0 Å². The molecular weight excluding hydrogens is 208 g/mol. The fraction of sp³-hybridized carbons (Fsp3) is 0.167. The van der Waals surface area contributed by atoms with E-state index in [1.807, 2.05) is 6.07 Å². The number of hydrogen-bond donors (Lipinski definition) is 1. The fourth-order valence-corrected chi connectivity index (χ4v) is 1.20. The molecule has 0 saturated heterocycles. The second kappa shape index (κ2) is 5.63. The first-order chi connectivity index (χ1) is 7.74. The highest BCUT2D eigenvalue weighted by Crippen LogP contribution is 2.20. The molecular formula is C12H12O4. The molecule has 1 N–H and O–H groups in total. The Bertz CT molecular complexity index is 428. The van der Waals surface area contributed by atoms with Crippen LogP contribution in [0.3, 0.4) is 0 Å². The quantitative estimate of drug-likeness (QED) is 0.478. The Labute approximate surface area is 93.4 Å². The van der Waals surface area contributed by atoms with Gasteiger partial charge in [0.15, 0.2) is 11.7 Å². The lowest BCUT2D eigenvalue weighted by atomic mass is 10.1. The third kappa shape index (κ3) is 2.43. The van der Waals surface area contributed by atoms with E-state index >= 15 is 0 Å². The van der Waals surface area contributed by atoms with Crippen molar-refractivity contribution >= 4 is 11.7 Å². The lowest BCUT2D eigenvalue weighted by molar-refractivity contribution is 0.217.